The van der Waals surface area contributed by atoms with E-state index in [1.165, 1.54) is 11.3 Å². The fourth-order valence-corrected chi connectivity index (χ4v) is 6.61. The Morgan fingerprint density at radius 3 is 2.64 bits per heavy atom. The molecule has 0 aliphatic heterocycles. The standard InChI is InChI=1S/C25H28F2N6O2S/c1-11-16(21-32-18-14(36-21)5-8-28-17(18)12-3-4-12)20(33-22(30-11)29-10-23(2)6-7-23)31-13-9-15-24(35,19(13)34)25(15,26)27/h5,8,12-13,15,19,34-35H,3-4,6-7,9-10H2,1-2H3,(H2,29,30,31,33)/t13-,15+,19+,24-/m1/s1. The molecule has 0 bridgehead atoms. The van der Waals surface area contributed by atoms with E-state index in [4.69, 9.17) is 15.0 Å². The van der Waals surface area contributed by atoms with Crippen molar-refractivity contribution in [2.45, 2.75) is 75.5 Å². The summed E-state index contributed by atoms with van der Waals surface area (Å²) < 4.78 is 29.1. The van der Waals surface area contributed by atoms with Crippen LogP contribution in [-0.2, 0) is 0 Å². The first-order valence-corrected chi connectivity index (χ1v) is 13.4. The predicted molar refractivity (Wildman–Crippen MR) is 132 cm³/mol. The summed E-state index contributed by atoms with van der Waals surface area (Å²) in [4.78, 5) is 18.9. The molecule has 190 valence electrons. The summed E-state index contributed by atoms with van der Waals surface area (Å²) in [6.45, 7) is 4.82. The number of aromatic nitrogens is 4. The van der Waals surface area contributed by atoms with Gasteiger partial charge in [0, 0.05) is 18.7 Å². The van der Waals surface area contributed by atoms with Gasteiger partial charge in [-0.15, -0.1) is 11.3 Å². The average molecular weight is 515 g/mol. The quantitative estimate of drug-likeness (QED) is 0.373. The summed E-state index contributed by atoms with van der Waals surface area (Å²) in [7, 11) is 0. The van der Waals surface area contributed by atoms with Crippen molar-refractivity contribution < 1.29 is 19.0 Å². The molecule has 0 saturated heterocycles. The van der Waals surface area contributed by atoms with Gasteiger partial charge in [0.25, 0.3) is 5.92 Å². The summed E-state index contributed by atoms with van der Waals surface area (Å²) in [6.07, 6.45) is 4.67. The fourth-order valence-electron chi connectivity index (χ4n) is 5.55. The highest BCUT2D eigenvalue weighted by molar-refractivity contribution is 7.21. The van der Waals surface area contributed by atoms with E-state index in [1.54, 1.807) is 0 Å². The minimum absolute atomic E-state index is 0.0520. The third-order valence-corrected chi connectivity index (χ3v) is 9.48. The number of halogens is 2. The first-order chi connectivity index (χ1) is 17.1. The molecule has 4 atom stereocenters. The van der Waals surface area contributed by atoms with Crippen LogP contribution in [0.3, 0.4) is 0 Å². The Labute approximate surface area is 210 Å². The van der Waals surface area contributed by atoms with Gasteiger partial charge in [-0.25, -0.2) is 18.7 Å². The van der Waals surface area contributed by atoms with Crippen LogP contribution in [0.2, 0.25) is 0 Å². The molecule has 3 aromatic heterocycles. The van der Waals surface area contributed by atoms with Crippen molar-refractivity contribution in [1.82, 2.24) is 19.9 Å². The molecular formula is C25H28F2N6O2S. The highest BCUT2D eigenvalue weighted by atomic mass is 32.1. The maximum absolute atomic E-state index is 14.0. The molecule has 0 unspecified atom stereocenters. The molecule has 36 heavy (non-hydrogen) atoms. The third kappa shape index (κ3) is 3.28. The van der Waals surface area contributed by atoms with E-state index < -0.39 is 29.6 Å². The van der Waals surface area contributed by atoms with E-state index in [-0.39, 0.29) is 11.8 Å². The molecule has 3 aromatic rings. The number of aliphatic hydroxyl groups excluding tert-OH is 1. The normalized spacial score (nSPS) is 31.3. The monoisotopic (exact) mass is 514 g/mol. The summed E-state index contributed by atoms with van der Waals surface area (Å²) in [5, 5.41) is 28.2. The number of hydrogen-bond donors (Lipinski definition) is 4. The van der Waals surface area contributed by atoms with E-state index in [0.717, 1.165) is 48.1 Å². The molecule has 0 aromatic carbocycles. The number of pyridine rings is 1. The van der Waals surface area contributed by atoms with E-state index >= 15 is 0 Å². The molecule has 3 heterocycles. The van der Waals surface area contributed by atoms with Gasteiger partial charge in [0.2, 0.25) is 5.95 Å². The zero-order valence-corrected chi connectivity index (χ0v) is 20.9. The van der Waals surface area contributed by atoms with Crippen LogP contribution in [0.15, 0.2) is 12.3 Å². The van der Waals surface area contributed by atoms with Gasteiger partial charge in [-0.2, -0.15) is 4.98 Å². The lowest BCUT2D eigenvalue weighted by atomic mass is 10.1. The first-order valence-electron chi connectivity index (χ1n) is 12.5. The van der Waals surface area contributed by atoms with Crippen molar-refractivity contribution >= 4 is 33.3 Å². The number of anilines is 2. The van der Waals surface area contributed by atoms with Crippen LogP contribution >= 0.6 is 11.3 Å². The minimum Gasteiger partial charge on any atom is -0.388 e. The number of aryl methyl sites for hydroxylation is 1. The highest BCUT2D eigenvalue weighted by Gasteiger charge is 2.87. The van der Waals surface area contributed by atoms with Crippen molar-refractivity contribution in [2.24, 2.45) is 11.3 Å². The van der Waals surface area contributed by atoms with Crippen molar-refractivity contribution in [3.05, 3.63) is 23.7 Å². The Morgan fingerprint density at radius 2 is 1.97 bits per heavy atom. The van der Waals surface area contributed by atoms with Gasteiger partial charge in [-0.05, 0) is 50.5 Å². The average Bonchev–Trinajstić information content (AvgIpc) is 3.78. The van der Waals surface area contributed by atoms with Gasteiger partial charge < -0.3 is 20.8 Å². The molecular weight excluding hydrogens is 486 g/mol. The molecule has 4 N–H and O–H groups in total. The number of nitrogens with one attached hydrogen (secondary N) is 2. The molecule has 0 amide bonds. The molecule has 8 nitrogen and oxygen atoms in total. The van der Waals surface area contributed by atoms with Crippen molar-refractivity contribution in [3.8, 4) is 10.6 Å². The second-order valence-electron chi connectivity index (χ2n) is 11.3. The van der Waals surface area contributed by atoms with Crippen molar-refractivity contribution in [1.29, 1.82) is 0 Å². The Morgan fingerprint density at radius 1 is 1.19 bits per heavy atom. The number of nitrogens with zero attached hydrogens (tertiary/aromatic N) is 4. The van der Waals surface area contributed by atoms with E-state index in [1.807, 2.05) is 19.2 Å². The topological polar surface area (TPSA) is 116 Å². The maximum atomic E-state index is 14.0. The first kappa shape index (κ1) is 22.7. The van der Waals surface area contributed by atoms with Gasteiger partial charge in [-0.3, -0.25) is 4.98 Å². The van der Waals surface area contributed by atoms with E-state index in [2.05, 4.69) is 22.5 Å². The van der Waals surface area contributed by atoms with Gasteiger partial charge in [-0.1, -0.05) is 6.92 Å². The number of hydrogen-bond acceptors (Lipinski definition) is 9. The molecule has 0 spiro atoms. The number of aliphatic hydroxyl groups is 2. The number of fused-ring (bicyclic) bond motifs is 2. The third-order valence-electron chi connectivity index (χ3n) is 8.44. The smallest absolute Gasteiger partial charge is 0.285 e. The van der Waals surface area contributed by atoms with Crippen LogP contribution in [0.5, 0.6) is 0 Å². The highest BCUT2D eigenvalue weighted by Crippen LogP contribution is 2.67. The summed E-state index contributed by atoms with van der Waals surface area (Å²) in [6, 6.07) is 1.18. The zero-order valence-electron chi connectivity index (χ0n) is 20.1. The van der Waals surface area contributed by atoms with Crippen LogP contribution in [0.4, 0.5) is 20.5 Å². The molecule has 4 aliphatic carbocycles. The fraction of sp³-hybridized carbons (Fsp3) is 0.600. The Balaban J connectivity index is 1.27. The van der Waals surface area contributed by atoms with Crippen LogP contribution < -0.4 is 10.6 Å². The van der Waals surface area contributed by atoms with Crippen molar-refractivity contribution in [3.63, 3.8) is 0 Å². The summed E-state index contributed by atoms with van der Waals surface area (Å²) in [5.41, 5.74) is 1.11. The largest absolute Gasteiger partial charge is 0.388 e. The van der Waals surface area contributed by atoms with Crippen LogP contribution in [0, 0.1) is 18.3 Å². The number of alkyl halides is 2. The molecule has 4 saturated carbocycles. The maximum Gasteiger partial charge on any atom is 0.285 e. The Hall–Kier alpha value is -2.50. The van der Waals surface area contributed by atoms with Crippen LogP contribution in [0.25, 0.3) is 20.8 Å². The van der Waals surface area contributed by atoms with Gasteiger partial charge in [0.1, 0.15) is 22.4 Å². The zero-order chi connectivity index (χ0) is 25.0. The Bertz CT molecular complexity index is 1390. The van der Waals surface area contributed by atoms with Gasteiger partial charge >= 0.3 is 0 Å². The molecule has 4 fully saturated rings. The Kier molecular flexibility index (Phi) is 4.59. The second kappa shape index (κ2) is 7.29. The van der Waals surface area contributed by atoms with Crippen molar-refractivity contribution in [2.75, 3.05) is 17.2 Å². The lowest BCUT2D eigenvalue weighted by Gasteiger charge is -2.25. The van der Waals surface area contributed by atoms with Crippen LogP contribution in [0.1, 0.15) is 56.3 Å². The summed E-state index contributed by atoms with van der Waals surface area (Å²) >= 11 is 1.52. The van der Waals surface area contributed by atoms with E-state index in [0.29, 0.717) is 33.9 Å². The molecule has 4 aliphatic rings. The van der Waals surface area contributed by atoms with Gasteiger partial charge in [0.05, 0.1) is 33.6 Å². The lowest BCUT2D eigenvalue weighted by molar-refractivity contribution is -0.0796. The second-order valence-corrected chi connectivity index (χ2v) is 12.3. The molecule has 0 radical (unpaired) electrons. The summed E-state index contributed by atoms with van der Waals surface area (Å²) in [5.74, 6) is -3.22. The number of rotatable bonds is 7. The molecule has 7 rings (SSSR count). The number of thiazole rings is 1. The predicted octanol–water partition coefficient (Wildman–Crippen LogP) is 4.09. The van der Waals surface area contributed by atoms with Gasteiger partial charge in [0.15, 0.2) is 5.60 Å². The molecule has 11 heteroatoms. The van der Waals surface area contributed by atoms with Crippen LogP contribution in [-0.4, -0.2) is 60.4 Å². The lowest BCUT2D eigenvalue weighted by Crippen LogP contribution is -2.44. The SMILES string of the molecule is Cc1nc(NCC2(C)CC2)nc(N[C@@H]2C[C@@H]3C(F)(F)[C@]3(O)[C@H]2O)c1-c1nc2c(C3CC3)nccc2s1. The van der Waals surface area contributed by atoms with E-state index in [9.17, 15) is 19.0 Å². The minimum atomic E-state index is -3.26.